The lowest BCUT2D eigenvalue weighted by molar-refractivity contribution is -0.157. The molecule has 0 radical (unpaired) electrons. The molecule has 0 aromatic heterocycles. The molecular weight excluding hydrogens is 275 g/mol. The monoisotopic (exact) mass is 291 g/mol. The van der Waals surface area contributed by atoms with Crippen LogP contribution in [0.5, 0.6) is 0 Å². The van der Waals surface area contributed by atoms with E-state index in [0.29, 0.717) is 0 Å². The summed E-state index contributed by atoms with van der Waals surface area (Å²) >= 11 is 0. The van der Waals surface area contributed by atoms with Crippen LogP contribution in [0.3, 0.4) is 0 Å². The van der Waals surface area contributed by atoms with Crippen molar-refractivity contribution >= 4 is 16.0 Å². The summed E-state index contributed by atoms with van der Waals surface area (Å²) in [5.74, 6) is -0.624. The molecule has 0 aromatic rings. The number of sulfonamides is 1. The summed E-state index contributed by atoms with van der Waals surface area (Å²) in [4.78, 5) is 11.4. The van der Waals surface area contributed by atoms with Gasteiger partial charge in [-0.3, -0.25) is 4.79 Å². The van der Waals surface area contributed by atoms with Crippen LogP contribution in [0, 0.1) is 5.41 Å². The van der Waals surface area contributed by atoms with Crippen molar-refractivity contribution in [3.63, 3.8) is 0 Å². The van der Waals surface area contributed by atoms with Gasteiger partial charge in [-0.05, 0) is 27.7 Å². The van der Waals surface area contributed by atoms with Gasteiger partial charge in [0.15, 0.2) is 0 Å². The zero-order chi connectivity index (χ0) is 14.8. The molecule has 0 aliphatic rings. The number of ether oxygens (including phenoxy) is 1. The van der Waals surface area contributed by atoms with Gasteiger partial charge in [-0.2, -0.15) is 13.2 Å². The average Bonchev–Trinajstić information content (AvgIpc) is 2.11. The predicted octanol–water partition coefficient (Wildman–Crippen LogP) is 1.40. The third kappa shape index (κ3) is 5.21. The van der Waals surface area contributed by atoms with E-state index in [-0.39, 0.29) is 0 Å². The average molecular weight is 291 g/mol. The first-order valence-corrected chi connectivity index (χ1v) is 6.52. The minimum absolute atomic E-state index is 0.624. The molecule has 0 aliphatic heterocycles. The van der Waals surface area contributed by atoms with Crippen LogP contribution in [-0.4, -0.2) is 32.5 Å². The van der Waals surface area contributed by atoms with E-state index in [1.165, 1.54) is 11.6 Å². The maximum atomic E-state index is 12.0. The van der Waals surface area contributed by atoms with Crippen LogP contribution in [0.15, 0.2) is 0 Å². The van der Waals surface area contributed by atoms with Gasteiger partial charge in [0.05, 0.1) is 5.41 Å². The summed E-state index contributed by atoms with van der Waals surface area (Å²) in [6.07, 6.45) is -0.992. The van der Waals surface area contributed by atoms with Crippen molar-refractivity contribution in [3.05, 3.63) is 0 Å². The molecular formula is C9H16F3NO4S. The molecule has 18 heavy (non-hydrogen) atoms. The van der Waals surface area contributed by atoms with Crippen molar-refractivity contribution in [1.29, 1.82) is 0 Å². The van der Waals surface area contributed by atoms with E-state index < -0.39 is 39.6 Å². The third-order valence-corrected chi connectivity index (χ3v) is 2.94. The molecule has 0 aromatic carbocycles. The standard InChI is InChI=1S/C9H16F3NO4S/c1-6(17-7(14)8(2,3)4)5-13-18(15,16)9(10,11)12/h6,13H,5H2,1-4H3. The smallest absolute Gasteiger partial charge is 0.461 e. The van der Waals surface area contributed by atoms with Gasteiger partial charge in [0.2, 0.25) is 0 Å². The second kappa shape index (κ2) is 5.43. The minimum atomic E-state index is -5.41. The van der Waals surface area contributed by atoms with Gasteiger partial charge in [-0.15, -0.1) is 0 Å². The van der Waals surface area contributed by atoms with Crippen LogP contribution in [0.4, 0.5) is 13.2 Å². The Morgan fingerprint density at radius 3 is 2.06 bits per heavy atom. The minimum Gasteiger partial charge on any atom is -0.461 e. The van der Waals surface area contributed by atoms with Crippen LogP contribution in [0.1, 0.15) is 27.7 Å². The van der Waals surface area contributed by atoms with Crippen LogP contribution in [0.25, 0.3) is 0 Å². The molecule has 108 valence electrons. The number of hydrogen-bond acceptors (Lipinski definition) is 4. The fourth-order valence-electron chi connectivity index (χ4n) is 0.710. The number of rotatable bonds is 4. The zero-order valence-electron chi connectivity index (χ0n) is 10.5. The van der Waals surface area contributed by atoms with Crippen molar-refractivity contribution in [2.24, 2.45) is 5.41 Å². The van der Waals surface area contributed by atoms with Crippen LogP contribution in [-0.2, 0) is 19.6 Å². The highest BCUT2D eigenvalue weighted by molar-refractivity contribution is 7.90. The molecule has 5 nitrogen and oxygen atoms in total. The number of carbonyl (C=O) groups excluding carboxylic acids is 1. The number of carbonyl (C=O) groups is 1. The molecule has 0 bridgehead atoms. The predicted molar refractivity (Wildman–Crippen MR) is 58.0 cm³/mol. The summed E-state index contributed by atoms with van der Waals surface area (Å²) in [5.41, 5.74) is -6.18. The fraction of sp³-hybridized carbons (Fsp3) is 0.889. The van der Waals surface area contributed by atoms with E-state index in [2.05, 4.69) is 0 Å². The van der Waals surface area contributed by atoms with Crippen molar-refractivity contribution in [1.82, 2.24) is 4.72 Å². The molecule has 0 heterocycles. The molecule has 0 spiro atoms. The third-order valence-electron chi connectivity index (χ3n) is 1.79. The highest BCUT2D eigenvalue weighted by atomic mass is 32.2. The van der Waals surface area contributed by atoms with Gasteiger partial charge in [0.25, 0.3) is 0 Å². The first-order chi connectivity index (χ1) is 7.77. The van der Waals surface area contributed by atoms with Crippen molar-refractivity contribution in [2.45, 2.75) is 39.3 Å². The maximum Gasteiger partial charge on any atom is 0.511 e. The van der Waals surface area contributed by atoms with E-state index in [0.717, 1.165) is 0 Å². The van der Waals surface area contributed by atoms with Gasteiger partial charge in [-0.25, -0.2) is 13.1 Å². The summed E-state index contributed by atoms with van der Waals surface area (Å²) in [5, 5.41) is 0. The summed E-state index contributed by atoms with van der Waals surface area (Å²) in [6.45, 7) is 5.37. The topological polar surface area (TPSA) is 72.5 Å². The van der Waals surface area contributed by atoms with Crippen LogP contribution >= 0.6 is 0 Å². The Morgan fingerprint density at radius 2 is 1.72 bits per heavy atom. The van der Waals surface area contributed by atoms with E-state index in [1.54, 1.807) is 20.8 Å². The molecule has 0 saturated heterocycles. The molecule has 9 heteroatoms. The molecule has 1 N–H and O–H groups in total. The van der Waals surface area contributed by atoms with E-state index >= 15 is 0 Å². The number of esters is 1. The summed E-state index contributed by atoms with van der Waals surface area (Å²) < 4.78 is 63.4. The van der Waals surface area contributed by atoms with Crippen molar-refractivity contribution in [2.75, 3.05) is 6.54 Å². The Bertz CT molecular complexity index is 397. The summed E-state index contributed by atoms with van der Waals surface area (Å²) in [6, 6.07) is 0. The van der Waals surface area contributed by atoms with Gasteiger partial charge in [-0.1, -0.05) is 0 Å². The lowest BCUT2D eigenvalue weighted by Crippen LogP contribution is -2.41. The van der Waals surface area contributed by atoms with Crippen molar-refractivity contribution < 1.29 is 31.1 Å². The molecule has 0 saturated carbocycles. The van der Waals surface area contributed by atoms with Crippen LogP contribution in [0.2, 0.25) is 0 Å². The Labute approximate surface area is 104 Å². The summed E-state index contributed by atoms with van der Waals surface area (Å²) in [7, 11) is -5.41. The second-order valence-corrected chi connectivity index (χ2v) is 6.52. The number of halogens is 3. The first-order valence-electron chi connectivity index (χ1n) is 5.04. The first kappa shape index (κ1) is 17.2. The zero-order valence-corrected chi connectivity index (χ0v) is 11.3. The lowest BCUT2D eigenvalue weighted by atomic mass is 9.97. The van der Waals surface area contributed by atoms with E-state index in [9.17, 15) is 26.4 Å². The normalized spacial score (nSPS) is 15.3. The highest BCUT2D eigenvalue weighted by Gasteiger charge is 2.45. The Morgan fingerprint density at radius 1 is 1.28 bits per heavy atom. The number of alkyl halides is 3. The fourth-order valence-corrected chi connectivity index (χ4v) is 1.33. The lowest BCUT2D eigenvalue weighted by Gasteiger charge is -2.21. The largest absolute Gasteiger partial charge is 0.511 e. The second-order valence-electron chi connectivity index (χ2n) is 4.76. The maximum absolute atomic E-state index is 12.0. The van der Waals surface area contributed by atoms with E-state index in [1.807, 2.05) is 0 Å². The van der Waals surface area contributed by atoms with Crippen molar-refractivity contribution in [3.8, 4) is 0 Å². The van der Waals surface area contributed by atoms with Gasteiger partial charge in [0, 0.05) is 6.54 Å². The van der Waals surface area contributed by atoms with Crippen LogP contribution < -0.4 is 4.72 Å². The number of nitrogens with one attached hydrogen (secondary N) is 1. The Balaban J connectivity index is 4.38. The number of hydrogen-bond donors (Lipinski definition) is 1. The quantitative estimate of drug-likeness (QED) is 0.795. The molecule has 0 aliphatic carbocycles. The van der Waals surface area contributed by atoms with Gasteiger partial charge in [0.1, 0.15) is 6.10 Å². The highest BCUT2D eigenvalue weighted by Crippen LogP contribution is 2.21. The van der Waals surface area contributed by atoms with E-state index in [4.69, 9.17) is 4.74 Å². The van der Waals surface area contributed by atoms with Gasteiger partial charge < -0.3 is 4.74 Å². The Kier molecular flexibility index (Phi) is 5.18. The molecule has 1 unspecified atom stereocenters. The Hall–Kier alpha value is -0.830. The SMILES string of the molecule is CC(CNS(=O)(=O)C(F)(F)F)OC(=O)C(C)(C)C. The molecule has 0 fully saturated rings. The molecule has 0 rings (SSSR count). The van der Waals surface area contributed by atoms with Gasteiger partial charge >= 0.3 is 21.5 Å². The molecule has 0 amide bonds. The molecule has 1 atom stereocenters.